The number of nitrogens with two attached hydrogens (primary N) is 1. The van der Waals surface area contributed by atoms with Crippen molar-refractivity contribution in [3.05, 3.63) is 60.7 Å². The highest BCUT2D eigenvalue weighted by atomic mass is 31.1. The van der Waals surface area contributed by atoms with Crippen molar-refractivity contribution in [2.45, 2.75) is 13.0 Å². The predicted octanol–water partition coefficient (Wildman–Crippen LogP) is 2.40. The van der Waals surface area contributed by atoms with E-state index in [0.717, 1.165) is 0 Å². The van der Waals surface area contributed by atoms with Gasteiger partial charge in [0.15, 0.2) is 0 Å². The summed E-state index contributed by atoms with van der Waals surface area (Å²) in [5, 5.41) is 2.44. The molecule has 0 aliphatic heterocycles. The molecule has 2 aromatic carbocycles. The molecule has 0 bridgehead atoms. The molecule has 2 N–H and O–H groups in total. The Morgan fingerprint density at radius 2 is 1.39 bits per heavy atom. The first kappa shape index (κ1) is 13.2. The molecule has 0 aromatic heterocycles. The highest BCUT2D eigenvalue weighted by molar-refractivity contribution is 7.68. The zero-order chi connectivity index (χ0) is 12.8. The van der Waals surface area contributed by atoms with Crippen LogP contribution >= 0.6 is 8.15 Å². The lowest BCUT2D eigenvalue weighted by atomic mass is 10.4. The molecule has 0 saturated carbocycles. The summed E-state index contributed by atoms with van der Waals surface area (Å²) in [6.07, 6.45) is 0. The number of benzene rings is 2. The molecule has 0 amide bonds. The van der Waals surface area contributed by atoms with Gasteiger partial charge in [-0.2, -0.15) is 0 Å². The summed E-state index contributed by atoms with van der Waals surface area (Å²) in [5.74, 6) is 0. The van der Waals surface area contributed by atoms with Gasteiger partial charge in [0.2, 0.25) is 0 Å². The monoisotopic (exact) mass is 259 g/mol. The lowest BCUT2D eigenvalue weighted by Gasteiger charge is -2.19. The van der Waals surface area contributed by atoms with Crippen LogP contribution in [0.2, 0.25) is 0 Å². The van der Waals surface area contributed by atoms with Gasteiger partial charge in [-0.3, -0.25) is 0 Å². The molecule has 0 radical (unpaired) electrons. The summed E-state index contributed by atoms with van der Waals surface area (Å²) < 4.78 is 6.02. The van der Waals surface area contributed by atoms with Gasteiger partial charge in [-0.25, -0.2) is 0 Å². The van der Waals surface area contributed by atoms with Crippen LogP contribution in [0.1, 0.15) is 6.92 Å². The second kappa shape index (κ2) is 6.65. The summed E-state index contributed by atoms with van der Waals surface area (Å²) in [4.78, 5) is 0. The third kappa shape index (κ3) is 3.64. The summed E-state index contributed by atoms with van der Waals surface area (Å²) in [6.45, 7) is 2.54. The molecular weight excluding hydrogens is 241 g/mol. The van der Waals surface area contributed by atoms with Crippen LogP contribution in [0, 0.1) is 0 Å². The topological polar surface area (TPSA) is 35.2 Å². The SMILES string of the molecule is CC(N)COP(c1ccccc1)c1ccccc1. The minimum absolute atomic E-state index is 0.0578. The highest BCUT2D eigenvalue weighted by Crippen LogP contribution is 2.34. The van der Waals surface area contributed by atoms with Crippen LogP contribution in [-0.4, -0.2) is 12.6 Å². The van der Waals surface area contributed by atoms with Crippen molar-refractivity contribution in [3.63, 3.8) is 0 Å². The highest BCUT2D eigenvalue weighted by Gasteiger charge is 2.15. The molecule has 3 heteroatoms. The fourth-order valence-corrected chi connectivity index (χ4v) is 3.48. The third-order valence-corrected chi connectivity index (χ3v) is 4.39. The van der Waals surface area contributed by atoms with Gasteiger partial charge < -0.3 is 10.3 Å². The summed E-state index contributed by atoms with van der Waals surface area (Å²) in [7, 11) is -0.763. The van der Waals surface area contributed by atoms with Gasteiger partial charge in [0.1, 0.15) is 0 Å². The first-order valence-electron chi connectivity index (χ1n) is 6.06. The smallest absolute Gasteiger partial charge is 0.0918 e. The molecule has 1 atom stereocenters. The zero-order valence-electron chi connectivity index (χ0n) is 10.5. The quantitative estimate of drug-likeness (QED) is 0.837. The van der Waals surface area contributed by atoms with E-state index in [2.05, 4.69) is 24.3 Å². The number of rotatable bonds is 5. The second-order valence-corrected chi connectivity index (χ2v) is 6.12. The Morgan fingerprint density at radius 3 is 1.78 bits per heavy atom. The zero-order valence-corrected chi connectivity index (χ0v) is 11.4. The lowest BCUT2D eigenvalue weighted by molar-refractivity contribution is 0.334. The molecule has 0 saturated heterocycles. The molecule has 0 aliphatic carbocycles. The average Bonchev–Trinajstić information content (AvgIpc) is 2.41. The van der Waals surface area contributed by atoms with E-state index in [4.69, 9.17) is 10.3 Å². The van der Waals surface area contributed by atoms with Crippen molar-refractivity contribution in [1.29, 1.82) is 0 Å². The van der Waals surface area contributed by atoms with Crippen LogP contribution in [0.5, 0.6) is 0 Å². The van der Waals surface area contributed by atoms with Gasteiger partial charge in [-0.1, -0.05) is 60.7 Å². The average molecular weight is 259 g/mol. The van der Waals surface area contributed by atoms with E-state index >= 15 is 0 Å². The standard InChI is InChI=1S/C15H18NOP/c1-13(16)12-17-18(14-8-4-2-5-9-14)15-10-6-3-7-11-15/h2-11,13H,12,16H2,1H3. The van der Waals surface area contributed by atoms with E-state index in [1.54, 1.807) is 0 Å². The Labute approximate surface area is 110 Å². The van der Waals surface area contributed by atoms with Gasteiger partial charge in [0, 0.05) is 16.7 Å². The first-order valence-corrected chi connectivity index (χ1v) is 7.32. The predicted molar refractivity (Wildman–Crippen MR) is 78.7 cm³/mol. The van der Waals surface area contributed by atoms with Gasteiger partial charge in [-0.15, -0.1) is 0 Å². The summed E-state index contributed by atoms with van der Waals surface area (Å²) in [5.41, 5.74) is 5.78. The van der Waals surface area contributed by atoms with Crippen LogP contribution in [0.25, 0.3) is 0 Å². The Bertz CT molecular complexity index is 419. The maximum atomic E-state index is 6.02. The third-order valence-electron chi connectivity index (χ3n) is 2.45. The Morgan fingerprint density at radius 1 is 0.944 bits per heavy atom. The van der Waals surface area contributed by atoms with Gasteiger partial charge in [-0.05, 0) is 6.92 Å². The Hall–Kier alpha value is -1.21. The van der Waals surface area contributed by atoms with Crippen molar-refractivity contribution in [3.8, 4) is 0 Å². The van der Waals surface area contributed by atoms with E-state index < -0.39 is 8.15 Å². The molecule has 2 rings (SSSR count). The van der Waals surface area contributed by atoms with E-state index in [-0.39, 0.29) is 6.04 Å². The molecule has 94 valence electrons. The maximum absolute atomic E-state index is 6.02. The number of hydrogen-bond acceptors (Lipinski definition) is 2. The molecular formula is C15H18NOP. The largest absolute Gasteiger partial charge is 0.348 e. The molecule has 0 aliphatic rings. The molecule has 2 nitrogen and oxygen atoms in total. The number of hydrogen-bond donors (Lipinski definition) is 1. The molecule has 2 aromatic rings. The minimum Gasteiger partial charge on any atom is -0.348 e. The van der Waals surface area contributed by atoms with Crippen LogP contribution in [0.15, 0.2) is 60.7 Å². The van der Waals surface area contributed by atoms with Crippen LogP contribution in [0.4, 0.5) is 0 Å². The van der Waals surface area contributed by atoms with Crippen LogP contribution in [0.3, 0.4) is 0 Å². The molecule has 0 fully saturated rings. The van der Waals surface area contributed by atoms with Gasteiger partial charge >= 0.3 is 0 Å². The van der Waals surface area contributed by atoms with Crippen molar-refractivity contribution < 1.29 is 4.52 Å². The Balaban J connectivity index is 2.24. The fraction of sp³-hybridized carbons (Fsp3) is 0.200. The van der Waals surface area contributed by atoms with E-state index in [1.807, 2.05) is 43.3 Å². The van der Waals surface area contributed by atoms with Crippen molar-refractivity contribution in [2.24, 2.45) is 5.73 Å². The lowest BCUT2D eigenvalue weighted by Crippen LogP contribution is -2.23. The molecule has 1 unspecified atom stereocenters. The van der Waals surface area contributed by atoms with Crippen LogP contribution < -0.4 is 16.3 Å². The van der Waals surface area contributed by atoms with Crippen molar-refractivity contribution in [2.75, 3.05) is 6.61 Å². The molecule has 18 heavy (non-hydrogen) atoms. The van der Waals surface area contributed by atoms with Crippen molar-refractivity contribution >= 4 is 18.8 Å². The second-order valence-electron chi connectivity index (χ2n) is 4.24. The van der Waals surface area contributed by atoms with Crippen molar-refractivity contribution in [1.82, 2.24) is 0 Å². The molecule has 0 spiro atoms. The van der Waals surface area contributed by atoms with Gasteiger partial charge in [0.25, 0.3) is 0 Å². The first-order chi connectivity index (χ1) is 8.77. The van der Waals surface area contributed by atoms with Crippen LogP contribution in [-0.2, 0) is 4.52 Å². The fourth-order valence-electron chi connectivity index (χ4n) is 1.62. The normalized spacial score (nSPS) is 12.6. The summed E-state index contributed by atoms with van der Waals surface area (Å²) >= 11 is 0. The molecule has 0 heterocycles. The van der Waals surface area contributed by atoms with Gasteiger partial charge in [0.05, 0.1) is 14.8 Å². The van der Waals surface area contributed by atoms with E-state index in [0.29, 0.717) is 6.61 Å². The summed E-state index contributed by atoms with van der Waals surface area (Å²) in [6, 6.07) is 20.7. The maximum Gasteiger partial charge on any atom is 0.0918 e. The van der Waals surface area contributed by atoms with E-state index in [9.17, 15) is 0 Å². The van der Waals surface area contributed by atoms with E-state index in [1.165, 1.54) is 10.6 Å². The Kier molecular flexibility index (Phi) is 4.89. The minimum atomic E-state index is -0.763.